The van der Waals surface area contributed by atoms with Gasteiger partial charge in [0.05, 0.1) is 22.3 Å². The molecule has 1 aliphatic rings. The van der Waals surface area contributed by atoms with Gasteiger partial charge < -0.3 is 5.32 Å². The molecule has 3 aromatic rings. The van der Waals surface area contributed by atoms with Crippen LogP contribution in [-0.4, -0.2) is 39.1 Å². The first-order valence-corrected chi connectivity index (χ1v) is 7.60. The first-order valence-electron chi connectivity index (χ1n) is 7.60. The van der Waals surface area contributed by atoms with Crippen LogP contribution in [0.5, 0.6) is 0 Å². The Bertz CT molecular complexity index is 991. The summed E-state index contributed by atoms with van der Waals surface area (Å²) in [7, 11) is 0. The number of imide groups is 1. The van der Waals surface area contributed by atoms with E-state index in [2.05, 4.69) is 15.3 Å². The third kappa shape index (κ3) is 2.51. The van der Waals surface area contributed by atoms with Gasteiger partial charge in [-0.05, 0) is 24.3 Å². The molecule has 0 saturated carbocycles. The van der Waals surface area contributed by atoms with E-state index in [-0.39, 0.29) is 6.54 Å². The average Bonchev–Trinajstić information content (AvgIpc) is 2.87. The summed E-state index contributed by atoms with van der Waals surface area (Å²) in [6, 6.07) is 11.7. The lowest BCUT2D eigenvalue weighted by molar-refractivity contribution is -0.116. The Morgan fingerprint density at radius 1 is 0.920 bits per heavy atom. The fourth-order valence-electron chi connectivity index (χ4n) is 2.81. The molecule has 122 valence electrons. The molecule has 1 aliphatic heterocycles. The van der Waals surface area contributed by atoms with Gasteiger partial charge >= 0.3 is 0 Å². The molecule has 0 saturated heterocycles. The number of anilines is 1. The minimum atomic E-state index is -0.479. The number of para-hydroxylation sites is 1. The zero-order valence-corrected chi connectivity index (χ0v) is 13.0. The Labute approximate surface area is 142 Å². The van der Waals surface area contributed by atoms with Crippen LogP contribution < -0.4 is 5.32 Å². The summed E-state index contributed by atoms with van der Waals surface area (Å²) in [6.07, 6.45) is 3.09. The molecule has 1 N–H and O–H groups in total. The molecule has 7 nitrogen and oxygen atoms in total. The van der Waals surface area contributed by atoms with Crippen molar-refractivity contribution in [2.45, 2.75) is 0 Å². The molecule has 1 aromatic heterocycles. The summed E-state index contributed by atoms with van der Waals surface area (Å²) in [6.45, 7) is -0.358. The smallest absolute Gasteiger partial charge is 0.262 e. The fourth-order valence-corrected chi connectivity index (χ4v) is 2.81. The van der Waals surface area contributed by atoms with Crippen LogP contribution in [0, 0.1) is 0 Å². The normalized spacial score (nSPS) is 13.2. The second-order valence-electron chi connectivity index (χ2n) is 5.52. The van der Waals surface area contributed by atoms with Crippen LogP contribution in [0.1, 0.15) is 20.7 Å². The topological polar surface area (TPSA) is 92.3 Å². The fraction of sp³-hybridized carbons (Fsp3) is 0.0556. The molecule has 2 aromatic carbocycles. The second kappa shape index (κ2) is 5.79. The van der Waals surface area contributed by atoms with Gasteiger partial charge in [-0.2, -0.15) is 0 Å². The largest absolute Gasteiger partial charge is 0.323 e. The monoisotopic (exact) mass is 332 g/mol. The van der Waals surface area contributed by atoms with Gasteiger partial charge in [-0.3, -0.25) is 29.3 Å². The summed E-state index contributed by atoms with van der Waals surface area (Å²) < 4.78 is 0. The number of carbonyl (C=O) groups is 3. The Morgan fingerprint density at radius 3 is 2.32 bits per heavy atom. The van der Waals surface area contributed by atoms with Crippen LogP contribution in [0.3, 0.4) is 0 Å². The van der Waals surface area contributed by atoms with E-state index in [1.54, 1.807) is 48.7 Å². The number of nitrogens with one attached hydrogen (secondary N) is 1. The van der Waals surface area contributed by atoms with E-state index in [4.69, 9.17) is 0 Å². The molecule has 25 heavy (non-hydrogen) atoms. The third-order valence-corrected chi connectivity index (χ3v) is 3.95. The highest BCUT2D eigenvalue weighted by Gasteiger charge is 2.36. The predicted octanol–water partition coefficient (Wildman–Crippen LogP) is 1.86. The number of hydrogen-bond acceptors (Lipinski definition) is 5. The first kappa shape index (κ1) is 14.9. The predicted molar refractivity (Wildman–Crippen MR) is 90.0 cm³/mol. The summed E-state index contributed by atoms with van der Waals surface area (Å²) in [5.41, 5.74) is 2.29. The van der Waals surface area contributed by atoms with Crippen LogP contribution >= 0.6 is 0 Å². The molecule has 2 heterocycles. The molecule has 0 radical (unpaired) electrons. The molecule has 0 bridgehead atoms. The summed E-state index contributed by atoms with van der Waals surface area (Å²) in [5, 5.41) is 2.69. The number of fused-ring (bicyclic) bond motifs is 2. The van der Waals surface area contributed by atoms with E-state index in [1.807, 2.05) is 0 Å². The van der Waals surface area contributed by atoms with Gasteiger partial charge in [0.25, 0.3) is 11.8 Å². The van der Waals surface area contributed by atoms with E-state index in [0.717, 1.165) is 4.90 Å². The lowest BCUT2D eigenvalue weighted by atomic mass is 10.1. The maximum atomic E-state index is 12.3. The number of hydrogen-bond donors (Lipinski definition) is 1. The van der Waals surface area contributed by atoms with Gasteiger partial charge in [0.2, 0.25) is 5.91 Å². The van der Waals surface area contributed by atoms with Crippen LogP contribution in [0.2, 0.25) is 0 Å². The Morgan fingerprint density at radius 2 is 1.60 bits per heavy atom. The second-order valence-corrected chi connectivity index (χ2v) is 5.52. The Kier molecular flexibility index (Phi) is 3.46. The number of aromatic nitrogens is 2. The molecular formula is C18H12N4O3. The highest BCUT2D eigenvalue weighted by molar-refractivity contribution is 6.22. The lowest BCUT2D eigenvalue weighted by Gasteiger charge is -2.14. The standard InChI is InChI=1S/C18H12N4O3/c23-15(21-14-7-3-6-13-16(14)20-9-8-19-13)10-22-17(24)11-4-1-2-5-12(11)18(22)25/h1-9H,10H2,(H,21,23). The van der Waals surface area contributed by atoms with Gasteiger partial charge in [-0.15, -0.1) is 0 Å². The van der Waals surface area contributed by atoms with E-state index < -0.39 is 17.7 Å². The van der Waals surface area contributed by atoms with Crippen molar-refractivity contribution in [3.63, 3.8) is 0 Å². The number of carbonyl (C=O) groups excluding carboxylic acids is 3. The van der Waals surface area contributed by atoms with Crippen molar-refractivity contribution in [1.29, 1.82) is 0 Å². The number of rotatable bonds is 3. The van der Waals surface area contributed by atoms with E-state index >= 15 is 0 Å². The van der Waals surface area contributed by atoms with Crippen LogP contribution in [0.25, 0.3) is 11.0 Å². The summed E-state index contributed by atoms with van der Waals surface area (Å²) >= 11 is 0. The van der Waals surface area contributed by atoms with Gasteiger partial charge in [-0.1, -0.05) is 18.2 Å². The molecular weight excluding hydrogens is 320 g/mol. The van der Waals surface area contributed by atoms with Gasteiger partial charge in [0.15, 0.2) is 0 Å². The quantitative estimate of drug-likeness (QED) is 0.739. The minimum Gasteiger partial charge on any atom is -0.323 e. The van der Waals surface area contributed by atoms with Crippen molar-refractivity contribution >= 4 is 34.4 Å². The third-order valence-electron chi connectivity index (χ3n) is 3.95. The Balaban J connectivity index is 1.55. The van der Waals surface area contributed by atoms with E-state index in [9.17, 15) is 14.4 Å². The maximum absolute atomic E-state index is 12.3. The van der Waals surface area contributed by atoms with Crippen molar-refractivity contribution in [1.82, 2.24) is 14.9 Å². The highest BCUT2D eigenvalue weighted by atomic mass is 16.2. The van der Waals surface area contributed by atoms with Crippen molar-refractivity contribution in [3.8, 4) is 0 Å². The van der Waals surface area contributed by atoms with Crippen LogP contribution in [0.15, 0.2) is 54.9 Å². The molecule has 0 spiro atoms. The molecule has 3 amide bonds. The molecule has 0 atom stereocenters. The van der Waals surface area contributed by atoms with Crippen molar-refractivity contribution in [2.24, 2.45) is 0 Å². The number of nitrogens with zero attached hydrogens (tertiary/aromatic N) is 3. The summed E-state index contributed by atoms with van der Waals surface area (Å²) in [4.78, 5) is 46.3. The minimum absolute atomic E-state index is 0.316. The highest BCUT2D eigenvalue weighted by Crippen LogP contribution is 2.23. The maximum Gasteiger partial charge on any atom is 0.262 e. The van der Waals surface area contributed by atoms with Crippen molar-refractivity contribution in [2.75, 3.05) is 11.9 Å². The zero-order valence-electron chi connectivity index (χ0n) is 13.0. The number of amides is 3. The van der Waals surface area contributed by atoms with Crippen LogP contribution in [0.4, 0.5) is 5.69 Å². The van der Waals surface area contributed by atoms with Crippen molar-refractivity contribution in [3.05, 3.63) is 66.0 Å². The van der Waals surface area contributed by atoms with Gasteiger partial charge in [-0.25, -0.2) is 0 Å². The number of benzene rings is 2. The van der Waals surface area contributed by atoms with Gasteiger partial charge in [0.1, 0.15) is 12.1 Å². The van der Waals surface area contributed by atoms with E-state index in [1.165, 1.54) is 6.20 Å². The van der Waals surface area contributed by atoms with Gasteiger partial charge in [0, 0.05) is 12.4 Å². The zero-order chi connectivity index (χ0) is 17.4. The molecule has 0 aliphatic carbocycles. The van der Waals surface area contributed by atoms with E-state index in [0.29, 0.717) is 27.8 Å². The summed E-state index contributed by atoms with van der Waals surface area (Å²) in [5.74, 6) is -1.41. The average molecular weight is 332 g/mol. The molecule has 4 rings (SSSR count). The molecule has 0 fully saturated rings. The Hall–Kier alpha value is -3.61. The lowest BCUT2D eigenvalue weighted by Crippen LogP contribution is -2.37. The van der Waals surface area contributed by atoms with Crippen LogP contribution in [-0.2, 0) is 4.79 Å². The molecule has 0 unspecified atom stereocenters. The van der Waals surface area contributed by atoms with Crippen molar-refractivity contribution < 1.29 is 14.4 Å². The molecule has 7 heteroatoms. The first-order chi connectivity index (χ1) is 12.1. The SMILES string of the molecule is O=C(CN1C(=O)c2ccccc2C1=O)Nc1cccc2nccnc12.